The van der Waals surface area contributed by atoms with Gasteiger partial charge in [-0.05, 0) is 43.5 Å². The number of aryl methyl sites for hydroxylation is 3. The van der Waals surface area contributed by atoms with Crippen molar-refractivity contribution < 1.29 is 4.74 Å². The van der Waals surface area contributed by atoms with Crippen LogP contribution in [0.3, 0.4) is 0 Å². The first-order chi connectivity index (χ1) is 14.1. The van der Waals surface area contributed by atoms with E-state index in [1.165, 1.54) is 0 Å². The van der Waals surface area contributed by atoms with Gasteiger partial charge < -0.3 is 15.4 Å². The molecule has 0 radical (unpaired) electrons. The number of ether oxygens (including phenoxy) is 1. The monoisotopic (exact) mass is 391 g/mol. The Morgan fingerprint density at radius 2 is 2.07 bits per heavy atom. The molecule has 0 aliphatic carbocycles. The molecule has 0 saturated heterocycles. The van der Waals surface area contributed by atoms with E-state index in [1.54, 1.807) is 6.20 Å². The SMILES string of the molecule is CCc1cc(Nc2cc(C)c(C#N)c(NCCOc3cccnc3CC)n2)n[nH]1. The fraction of sp³-hybridized carbons (Fsp3) is 0.333. The van der Waals surface area contributed by atoms with Crippen LogP contribution in [0.2, 0.25) is 0 Å². The predicted molar refractivity (Wildman–Crippen MR) is 113 cm³/mol. The molecular weight excluding hydrogens is 366 g/mol. The van der Waals surface area contributed by atoms with Crippen LogP contribution in [-0.4, -0.2) is 33.3 Å². The maximum atomic E-state index is 9.51. The number of aromatic nitrogens is 4. The van der Waals surface area contributed by atoms with Crippen LogP contribution in [-0.2, 0) is 12.8 Å². The van der Waals surface area contributed by atoms with E-state index in [1.807, 2.05) is 38.1 Å². The fourth-order valence-electron chi connectivity index (χ4n) is 2.89. The number of hydrogen-bond acceptors (Lipinski definition) is 7. The van der Waals surface area contributed by atoms with Crippen molar-refractivity contribution in [2.24, 2.45) is 0 Å². The first-order valence-corrected chi connectivity index (χ1v) is 9.68. The number of pyridine rings is 2. The number of H-pyrrole nitrogens is 1. The molecule has 0 aromatic carbocycles. The van der Waals surface area contributed by atoms with E-state index in [-0.39, 0.29) is 0 Å². The first-order valence-electron chi connectivity index (χ1n) is 9.68. The summed E-state index contributed by atoms with van der Waals surface area (Å²) in [5.74, 6) is 2.62. The quantitative estimate of drug-likeness (QED) is 0.476. The van der Waals surface area contributed by atoms with Gasteiger partial charge in [-0.3, -0.25) is 10.1 Å². The summed E-state index contributed by atoms with van der Waals surface area (Å²) in [4.78, 5) is 8.86. The number of rotatable bonds is 9. The minimum absolute atomic E-state index is 0.432. The van der Waals surface area contributed by atoms with E-state index >= 15 is 0 Å². The van der Waals surface area contributed by atoms with Crippen LogP contribution in [0.25, 0.3) is 0 Å². The second-order valence-corrected chi connectivity index (χ2v) is 6.49. The molecule has 0 saturated carbocycles. The normalized spacial score (nSPS) is 10.4. The summed E-state index contributed by atoms with van der Waals surface area (Å²) in [6.45, 7) is 6.92. The van der Waals surface area contributed by atoms with Gasteiger partial charge in [-0.2, -0.15) is 10.4 Å². The van der Waals surface area contributed by atoms with E-state index in [0.717, 1.165) is 35.5 Å². The summed E-state index contributed by atoms with van der Waals surface area (Å²) in [7, 11) is 0. The lowest BCUT2D eigenvalue weighted by atomic mass is 10.1. The molecule has 0 fully saturated rings. The van der Waals surface area contributed by atoms with Crippen molar-refractivity contribution >= 4 is 17.5 Å². The van der Waals surface area contributed by atoms with Gasteiger partial charge in [0.2, 0.25) is 0 Å². The fourth-order valence-corrected chi connectivity index (χ4v) is 2.89. The highest BCUT2D eigenvalue weighted by Gasteiger charge is 2.11. The first kappa shape index (κ1) is 20.1. The second kappa shape index (κ2) is 9.55. The molecule has 150 valence electrons. The minimum Gasteiger partial charge on any atom is -0.490 e. The lowest BCUT2D eigenvalue weighted by molar-refractivity contribution is 0.327. The molecule has 0 aliphatic rings. The highest BCUT2D eigenvalue weighted by atomic mass is 16.5. The Bertz CT molecular complexity index is 1010. The maximum Gasteiger partial charge on any atom is 0.153 e. The minimum atomic E-state index is 0.432. The van der Waals surface area contributed by atoms with Crippen molar-refractivity contribution in [2.75, 3.05) is 23.8 Å². The van der Waals surface area contributed by atoms with Gasteiger partial charge in [-0.1, -0.05) is 13.8 Å². The van der Waals surface area contributed by atoms with Gasteiger partial charge in [0.05, 0.1) is 17.8 Å². The molecule has 3 heterocycles. The third-order valence-electron chi connectivity index (χ3n) is 4.43. The Hall–Kier alpha value is -3.60. The van der Waals surface area contributed by atoms with Gasteiger partial charge in [-0.25, -0.2) is 4.98 Å². The van der Waals surface area contributed by atoms with E-state index in [0.29, 0.717) is 36.2 Å². The van der Waals surface area contributed by atoms with Crippen LogP contribution in [0.1, 0.15) is 36.4 Å². The molecule has 8 heteroatoms. The molecule has 3 aromatic rings. The highest BCUT2D eigenvalue weighted by Crippen LogP contribution is 2.23. The molecule has 8 nitrogen and oxygen atoms in total. The Kier molecular flexibility index (Phi) is 6.63. The molecular formula is C21H25N7O. The second-order valence-electron chi connectivity index (χ2n) is 6.49. The van der Waals surface area contributed by atoms with Crippen LogP contribution in [0.5, 0.6) is 5.75 Å². The number of nitriles is 1. The van der Waals surface area contributed by atoms with Crippen molar-refractivity contribution in [3.05, 3.63) is 53.0 Å². The summed E-state index contributed by atoms with van der Waals surface area (Å²) in [5, 5.41) is 23.1. The van der Waals surface area contributed by atoms with Gasteiger partial charge in [0, 0.05) is 18.0 Å². The summed E-state index contributed by atoms with van der Waals surface area (Å²) >= 11 is 0. The molecule has 3 rings (SSSR count). The summed E-state index contributed by atoms with van der Waals surface area (Å²) < 4.78 is 5.83. The molecule has 3 N–H and O–H groups in total. The van der Waals surface area contributed by atoms with Gasteiger partial charge in [0.1, 0.15) is 30.1 Å². The molecule has 0 spiro atoms. The number of anilines is 3. The van der Waals surface area contributed by atoms with Crippen LogP contribution in [0.4, 0.5) is 17.5 Å². The van der Waals surface area contributed by atoms with Crippen molar-refractivity contribution in [2.45, 2.75) is 33.6 Å². The van der Waals surface area contributed by atoms with Crippen molar-refractivity contribution in [3.63, 3.8) is 0 Å². The van der Waals surface area contributed by atoms with Gasteiger partial charge >= 0.3 is 0 Å². The molecule has 29 heavy (non-hydrogen) atoms. The topological polar surface area (TPSA) is 112 Å². The number of aromatic amines is 1. The van der Waals surface area contributed by atoms with Crippen LogP contribution < -0.4 is 15.4 Å². The molecule has 0 bridgehead atoms. The van der Waals surface area contributed by atoms with Gasteiger partial charge in [-0.15, -0.1) is 0 Å². The summed E-state index contributed by atoms with van der Waals surface area (Å²) in [5.41, 5.74) is 3.31. The lowest BCUT2D eigenvalue weighted by Gasteiger charge is -2.13. The van der Waals surface area contributed by atoms with Gasteiger partial charge in [0.25, 0.3) is 0 Å². The van der Waals surface area contributed by atoms with Crippen molar-refractivity contribution in [1.82, 2.24) is 20.2 Å². The van der Waals surface area contributed by atoms with Crippen LogP contribution in [0, 0.1) is 18.3 Å². The zero-order valence-electron chi connectivity index (χ0n) is 16.9. The Morgan fingerprint density at radius 1 is 1.21 bits per heavy atom. The van der Waals surface area contributed by atoms with E-state index in [2.05, 4.69) is 43.8 Å². The van der Waals surface area contributed by atoms with Crippen LogP contribution >= 0.6 is 0 Å². The Labute approximate surface area is 170 Å². The number of nitrogens with one attached hydrogen (secondary N) is 3. The van der Waals surface area contributed by atoms with Crippen molar-refractivity contribution in [1.29, 1.82) is 5.26 Å². The smallest absolute Gasteiger partial charge is 0.153 e. The standard InChI is InChI=1S/C21H25N7O/c1-4-15-12-20(28-27-15)25-19-11-14(3)16(13-22)21(26-19)24-9-10-29-18-7-6-8-23-17(18)5-2/h6-8,11-12H,4-5,9-10H2,1-3H3,(H3,24,25,26,27,28). The maximum absolute atomic E-state index is 9.51. The van der Waals surface area contributed by atoms with Gasteiger partial charge in [0.15, 0.2) is 5.82 Å². The van der Waals surface area contributed by atoms with E-state index in [4.69, 9.17) is 4.74 Å². The Balaban J connectivity index is 1.67. The highest BCUT2D eigenvalue weighted by molar-refractivity contribution is 5.63. The average molecular weight is 391 g/mol. The third kappa shape index (κ3) is 5.02. The average Bonchev–Trinajstić information content (AvgIpc) is 3.19. The van der Waals surface area contributed by atoms with Crippen LogP contribution in [0.15, 0.2) is 30.5 Å². The summed E-state index contributed by atoms with van der Waals surface area (Å²) in [6.07, 6.45) is 3.44. The Morgan fingerprint density at radius 3 is 2.79 bits per heavy atom. The molecule has 0 atom stereocenters. The molecule has 3 aromatic heterocycles. The molecule has 0 unspecified atom stereocenters. The third-order valence-corrected chi connectivity index (χ3v) is 4.43. The van der Waals surface area contributed by atoms with E-state index < -0.39 is 0 Å². The zero-order chi connectivity index (χ0) is 20.6. The van der Waals surface area contributed by atoms with E-state index in [9.17, 15) is 5.26 Å². The number of nitrogens with zero attached hydrogens (tertiary/aromatic N) is 4. The lowest BCUT2D eigenvalue weighted by Crippen LogP contribution is -2.15. The zero-order valence-corrected chi connectivity index (χ0v) is 16.9. The molecule has 0 amide bonds. The largest absolute Gasteiger partial charge is 0.490 e. The summed E-state index contributed by atoms with van der Waals surface area (Å²) in [6, 6.07) is 9.76. The van der Waals surface area contributed by atoms with Crippen molar-refractivity contribution in [3.8, 4) is 11.8 Å². The number of hydrogen-bond donors (Lipinski definition) is 3. The predicted octanol–water partition coefficient (Wildman–Crippen LogP) is 3.74. The molecule has 0 aliphatic heterocycles.